The number of aliphatic hydroxyl groups is 1. The van der Waals surface area contributed by atoms with Crippen LogP contribution in [0.25, 0.3) is 11.1 Å². The maximum absolute atomic E-state index is 10.9. The smallest absolute Gasteiger partial charge is 0.209 e. The SMILES string of the molecule is CCc1ccccc1-c1ccc(C2CCN(C=O)C2)c(CO)c1.Cc1ccccn1. The van der Waals surface area contributed by atoms with Crippen LogP contribution in [-0.4, -0.2) is 34.5 Å². The number of rotatable bonds is 5. The van der Waals surface area contributed by atoms with Crippen LogP contribution in [0, 0.1) is 6.92 Å². The van der Waals surface area contributed by atoms with Crippen LogP contribution >= 0.6 is 0 Å². The lowest BCUT2D eigenvalue weighted by Crippen LogP contribution is -2.17. The van der Waals surface area contributed by atoms with Crippen molar-refractivity contribution in [2.75, 3.05) is 13.1 Å². The summed E-state index contributed by atoms with van der Waals surface area (Å²) in [7, 11) is 0. The number of hydrogen-bond donors (Lipinski definition) is 1. The van der Waals surface area contributed by atoms with Gasteiger partial charge in [-0.15, -0.1) is 0 Å². The number of hydrogen-bond acceptors (Lipinski definition) is 3. The summed E-state index contributed by atoms with van der Waals surface area (Å²) >= 11 is 0. The molecule has 1 atom stereocenters. The summed E-state index contributed by atoms with van der Waals surface area (Å²) in [6.45, 7) is 5.72. The lowest BCUT2D eigenvalue weighted by Gasteiger charge is -2.17. The van der Waals surface area contributed by atoms with E-state index in [2.05, 4.69) is 54.4 Å². The highest BCUT2D eigenvalue weighted by atomic mass is 16.3. The third kappa shape index (κ3) is 5.33. The molecule has 1 unspecified atom stereocenters. The molecule has 4 nitrogen and oxygen atoms in total. The number of carbonyl (C=O) groups is 1. The van der Waals surface area contributed by atoms with E-state index in [4.69, 9.17) is 0 Å². The molecule has 1 aliphatic rings. The van der Waals surface area contributed by atoms with Gasteiger partial charge in [0.25, 0.3) is 0 Å². The Labute approximate surface area is 179 Å². The van der Waals surface area contributed by atoms with Crippen molar-refractivity contribution in [1.82, 2.24) is 9.88 Å². The quantitative estimate of drug-likeness (QED) is 0.627. The van der Waals surface area contributed by atoms with Crippen LogP contribution in [-0.2, 0) is 17.8 Å². The molecule has 4 heteroatoms. The number of likely N-dealkylation sites (tertiary alicyclic amines) is 1. The molecule has 0 saturated carbocycles. The number of pyridine rings is 1. The largest absolute Gasteiger partial charge is 0.392 e. The van der Waals surface area contributed by atoms with Gasteiger partial charge >= 0.3 is 0 Å². The van der Waals surface area contributed by atoms with Crippen molar-refractivity contribution in [2.45, 2.75) is 39.2 Å². The second kappa shape index (κ2) is 10.7. The van der Waals surface area contributed by atoms with Gasteiger partial charge in [0.2, 0.25) is 6.41 Å². The van der Waals surface area contributed by atoms with Gasteiger partial charge < -0.3 is 10.0 Å². The van der Waals surface area contributed by atoms with Crippen molar-refractivity contribution in [3.8, 4) is 11.1 Å². The number of amides is 1. The van der Waals surface area contributed by atoms with Gasteiger partial charge in [0.05, 0.1) is 6.61 Å². The summed E-state index contributed by atoms with van der Waals surface area (Å²) in [5.74, 6) is 0.331. The molecule has 4 rings (SSSR count). The fraction of sp³-hybridized carbons (Fsp3) is 0.308. The van der Waals surface area contributed by atoms with Crippen LogP contribution in [0.3, 0.4) is 0 Å². The fourth-order valence-electron chi connectivity index (χ4n) is 4.00. The molecule has 1 N–H and O–H groups in total. The van der Waals surface area contributed by atoms with Gasteiger partial charge in [-0.1, -0.05) is 49.4 Å². The molecule has 1 fully saturated rings. The predicted octanol–water partition coefficient (Wildman–Crippen LogP) is 4.74. The van der Waals surface area contributed by atoms with Gasteiger partial charge in [0, 0.05) is 30.9 Å². The second-order valence-electron chi connectivity index (χ2n) is 7.64. The molecule has 1 amide bonds. The minimum atomic E-state index is 0.0368. The Hall–Kier alpha value is -2.98. The summed E-state index contributed by atoms with van der Waals surface area (Å²) in [6, 6.07) is 20.7. The van der Waals surface area contributed by atoms with E-state index in [9.17, 15) is 9.90 Å². The zero-order valence-electron chi connectivity index (χ0n) is 17.8. The molecular weight excluding hydrogens is 372 g/mol. The first-order valence-corrected chi connectivity index (χ1v) is 10.5. The van der Waals surface area contributed by atoms with Crippen molar-refractivity contribution in [1.29, 1.82) is 0 Å². The second-order valence-corrected chi connectivity index (χ2v) is 7.64. The van der Waals surface area contributed by atoms with Crippen LogP contribution in [0.4, 0.5) is 0 Å². The van der Waals surface area contributed by atoms with E-state index >= 15 is 0 Å². The van der Waals surface area contributed by atoms with Gasteiger partial charge in [0.15, 0.2) is 0 Å². The lowest BCUT2D eigenvalue weighted by molar-refractivity contribution is -0.117. The van der Waals surface area contributed by atoms with Crippen LogP contribution in [0.2, 0.25) is 0 Å². The van der Waals surface area contributed by atoms with Gasteiger partial charge in [-0.2, -0.15) is 0 Å². The first-order chi connectivity index (χ1) is 14.7. The molecule has 3 aromatic rings. The van der Waals surface area contributed by atoms with Crippen molar-refractivity contribution in [2.24, 2.45) is 0 Å². The Morgan fingerprint density at radius 2 is 1.90 bits per heavy atom. The number of aryl methyl sites for hydroxylation is 2. The highest BCUT2D eigenvalue weighted by Crippen LogP contribution is 2.33. The van der Waals surface area contributed by atoms with Crippen LogP contribution in [0.5, 0.6) is 0 Å². The van der Waals surface area contributed by atoms with E-state index in [0.717, 1.165) is 49.2 Å². The molecule has 1 saturated heterocycles. The summed E-state index contributed by atoms with van der Waals surface area (Å²) in [4.78, 5) is 16.7. The van der Waals surface area contributed by atoms with E-state index in [1.807, 2.05) is 30.0 Å². The van der Waals surface area contributed by atoms with Crippen molar-refractivity contribution in [3.63, 3.8) is 0 Å². The predicted molar refractivity (Wildman–Crippen MR) is 121 cm³/mol. The number of benzene rings is 2. The molecule has 1 aromatic heterocycles. The van der Waals surface area contributed by atoms with Gasteiger partial charge in [0.1, 0.15) is 0 Å². The third-order valence-corrected chi connectivity index (χ3v) is 5.64. The van der Waals surface area contributed by atoms with Gasteiger partial charge in [-0.05, 0) is 65.8 Å². The highest BCUT2D eigenvalue weighted by molar-refractivity contribution is 5.68. The standard InChI is InChI=1S/C20H23NO2.C6H7N/c1-2-15-5-3-4-6-19(15)16-7-8-20(18(11-16)13-22)17-9-10-21(12-17)14-23;1-6-4-2-3-5-7-6/h3-8,11,14,17,22H,2,9-10,12-13H2,1H3;2-5H,1H3. The number of aromatic nitrogens is 1. The number of nitrogens with zero attached hydrogens (tertiary/aromatic N) is 2. The molecule has 2 heterocycles. The van der Waals surface area contributed by atoms with E-state index in [-0.39, 0.29) is 6.61 Å². The highest BCUT2D eigenvalue weighted by Gasteiger charge is 2.24. The molecule has 2 aromatic carbocycles. The van der Waals surface area contributed by atoms with Crippen LogP contribution in [0.1, 0.15) is 41.6 Å². The first-order valence-electron chi connectivity index (χ1n) is 10.5. The fourth-order valence-corrected chi connectivity index (χ4v) is 4.00. The average molecular weight is 403 g/mol. The molecule has 0 radical (unpaired) electrons. The van der Waals surface area contributed by atoms with Crippen molar-refractivity contribution >= 4 is 6.41 Å². The molecular formula is C26H30N2O2. The molecule has 0 spiro atoms. The monoisotopic (exact) mass is 402 g/mol. The van der Waals surface area contributed by atoms with Crippen molar-refractivity contribution < 1.29 is 9.90 Å². The Morgan fingerprint density at radius 3 is 2.50 bits per heavy atom. The number of aliphatic hydroxyl groups excluding tert-OH is 1. The van der Waals surface area contributed by atoms with Crippen LogP contribution in [0.15, 0.2) is 66.9 Å². The van der Waals surface area contributed by atoms with Crippen LogP contribution < -0.4 is 0 Å². The third-order valence-electron chi connectivity index (χ3n) is 5.64. The minimum Gasteiger partial charge on any atom is -0.392 e. The van der Waals surface area contributed by atoms with Gasteiger partial charge in [-0.3, -0.25) is 9.78 Å². The Bertz CT molecular complexity index is 956. The van der Waals surface area contributed by atoms with Gasteiger partial charge in [-0.25, -0.2) is 0 Å². The maximum atomic E-state index is 10.9. The topological polar surface area (TPSA) is 53.4 Å². The summed E-state index contributed by atoms with van der Waals surface area (Å²) in [5, 5.41) is 9.82. The Kier molecular flexibility index (Phi) is 7.75. The first kappa shape index (κ1) is 21.7. The van der Waals surface area contributed by atoms with E-state index in [1.165, 1.54) is 16.7 Å². The van der Waals surface area contributed by atoms with E-state index in [0.29, 0.717) is 5.92 Å². The molecule has 0 aliphatic carbocycles. The number of carbonyl (C=O) groups excluding carboxylic acids is 1. The summed E-state index contributed by atoms with van der Waals surface area (Å²) in [5.41, 5.74) is 6.93. The Balaban J connectivity index is 0.000000310. The van der Waals surface area contributed by atoms with E-state index < -0.39 is 0 Å². The molecule has 1 aliphatic heterocycles. The van der Waals surface area contributed by atoms with E-state index in [1.54, 1.807) is 6.20 Å². The summed E-state index contributed by atoms with van der Waals surface area (Å²) < 4.78 is 0. The molecule has 30 heavy (non-hydrogen) atoms. The molecule has 156 valence electrons. The zero-order valence-corrected chi connectivity index (χ0v) is 17.8. The van der Waals surface area contributed by atoms with Crippen molar-refractivity contribution in [3.05, 3.63) is 89.2 Å². The molecule has 0 bridgehead atoms. The Morgan fingerprint density at radius 1 is 1.10 bits per heavy atom. The lowest BCUT2D eigenvalue weighted by atomic mass is 9.89. The maximum Gasteiger partial charge on any atom is 0.209 e. The zero-order chi connectivity index (χ0) is 21.3. The minimum absolute atomic E-state index is 0.0368. The summed E-state index contributed by atoms with van der Waals surface area (Å²) in [6.07, 6.45) is 4.67. The normalized spacial score (nSPS) is 15.4. The average Bonchev–Trinajstić information content (AvgIpc) is 3.28.